The van der Waals surface area contributed by atoms with Crippen molar-refractivity contribution in [3.8, 4) is 0 Å². The van der Waals surface area contributed by atoms with Gasteiger partial charge < -0.3 is 14.2 Å². The van der Waals surface area contributed by atoms with E-state index in [0.717, 1.165) is 12.8 Å². The predicted molar refractivity (Wildman–Crippen MR) is 77.0 cm³/mol. The van der Waals surface area contributed by atoms with E-state index < -0.39 is 22.4 Å². The maximum absolute atomic E-state index is 12.0. The molecule has 5 nitrogen and oxygen atoms in total. The second-order valence-corrected chi connectivity index (χ2v) is 5.24. The minimum absolute atomic E-state index is 0.166. The van der Waals surface area contributed by atoms with Crippen molar-refractivity contribution in [2.45, 2.75) is 50.0 Å². The molecular formula is C13H22Cl2O5. The Balaban J connectivity index is 4.80. The van der Waals surface area contributed by atoms with Crippen molar-refractivity contribution in [3.63, 3.8) is 0 Å². The van der Waals surface area contributed by atoms with Crippen LogP contribution in [0.5, 0.6) is 0 Å². The lowest BCUT2D eigenvalue weighted by Gasteiger charge is -2.26. The maximum atomic E-state index is 12.0. The minimum atomic E-state index is -2.18. The summed E-state index contributed by atoms with van der Waals surface area (Å²) >= 11 is 11.9. The van der Waals surface area contributed by atoms with Gasteiger partial charge in [-0.1, -0.05) is 49.9 Å². The zero-order chi connectivity index (χ0) is 15.6. The first-order valence-electron chi connectivity index (χ1n) is 6.65. The highest BCUT2D eigenvalue weighted by Crippen LogP contribution is 2.29. The third-order valence-electron chi connectivity index (χ3n) is 2.58. The van der Waals surface area contributed by atoms with E-state index in [2.05, 4.69) is 0 Å². The van der Waals surface area contributed by atoms with Gasteiger partial charge in [0, 0.05) is 7.11 Å². The van der Waals surface area contributed by atoms with Crippen molar-refractivity contribution < 1.29 is 23.8 Å². The standard InChI is InChI=1S/C13H22Cl2O5/c1-4-6-8-19-11(16)13(15,10(14)18-3)12(17)20-9-7-5-2/h10H,4-9H2,1-3H3. The number of carbonyl (C=O) groups excluding carboxylic acids is 2. The second-order valence-electron chi connectivity index (χ2n) is 4.24. The number of rotatable bonds is 10. The van der Waals surface area contributed by atoms with Gasteiger partial charge in [-0.15, -0.1) is 0 Å². The van der Waals surface area contributed by atoms with Crippen LogP contribution in [0.4, 0.5) is 0 Å². The number of halogens is 2. The Kier molecular flexibility index (Phi) is 9.98. The lowest BCUT2D eigenvalue weighted by molar-refractivity contribution is -0.163. The lowest BCUT2D eigenvalue weighted by atomic mass is 10.1. The van der Waals surface area contributed by atoms with E-state index in [0.29, 0.717) is 12.8 Å². The maximum Gasteiger partial charge on any atom is 0.343 e. The van der Waals surface area contributed by atoms with E-state index in [4.69, 9.17) is 37.4 Å². The van der Waals surface area contributed by atoms with Crippen LogP contribution in [0.3, 0.4) is 0 Å². The van der Waals surface area contributed by atoms with Crippen molar-refractivity contribution in [3.05, 3.63) is 0 Å². The fourth-order valence-electron chi connectivity index (χ4n) is 1.26. The quantitative estimate of drug-likeness (QED) is 0.267. The Bertz CT molecular complexity index is 287. The number of carbonyl (C=O) groups is 2. The molecular weight excluding hydrogens is 307 g/mol. The van der Waals surface area contributed by atoms with Crippen LogP contribution in [0.2, 0.25) is 0 Å². The van der Waals surface area contributed by atoms with Crippen molar-refractivity contribution >= 4 is 35.1 Å². The average Bonchev–Trinajstić information content (AvgIpc) is 2.45. The number of alkyl halides is 2. The van der Waals surface area contributed by atoms with Crippen LogP contribution >= 0.6 is 23.2 Å². The number of hydrogen-bond acceptors (Lipinski definition) is 5. The van der Waals surface area contributed by atoms with E-state index >= 15 is 0 Å². The Morgan fingerprint density at radius 2 is 1.45 bits per heavy atom. The first-order valence-corrected chi connectivity index (χ1v) is 7.46. The molecule has 0 aliphatic carbocycles. The molecule has 1 unspecified atom stereocenters. The fraction of sp³-hybridized carbons (Fsp3) is 0.846. The predicted octanol–water partition coefficient (Wildman–Crippen LogP) is 2.86. The zero-order valence-corrected chi connectivity index (χ0v) is 13.6. The van der Waals surface area contributed by atoms with E-state index in [1.165, 1.54) is 7.11 Å². The van der Waals surface area contributed by atoms with E-state index in [1.807, 2.05) is 13.8 Å². The van der Waals surface area contributed by atoms with E-state index in [9.17, 15) is 9.59 Å². The molecule has 1 atom stereocenters. The molecule has 0 bridgehead atoms. The molecule has 0 saturated carbocycles. The molecule has 0 aliphatic heterocycles. The first-order chi connectivity index (χ1) is 9.44. The molecule has 0 aromatic rings. The summed E-state index contributed by atoms with van der Waals surface area (Å²) in [5, 5.41) is 0. The molecule has 0 radical (unpaired) electrons. The largest absolute Gasteiger partial charge is 0.464 e. The molecule has 118 valence electrons. The van der Waals surface area contributed by atoms with Gasteiger partial charge in [0.05, 0.1) is 13.2 Å². The Hall–Kier alpha value is -0.520. The topological polar surface area (TPSA) is 61.8 Å². The third kappa shape index (κ3) is 5.46. The summed E-state index contributed by atoms with van der Waals surface area (Å²) in [5.74, 6) is -1.90. The number of methoxy groups -OCH3 is 1. The monoisotopic (exact) mass is 328 g/mol. The SMILES string of the molecule is CCCCOC(=O)C(Cl)(C(=O)OCCCC)C(Cl)OC. The van der Waals surface area contributed by atoms with Gasteiger partial charge in [-0.25, -0.2) is 9.59 Å². The molecule has 0 spiro atoms. The van der Waals surface area contributed by atoms with Crippen LogP contribution in [0.15, 0.2) is 0 Å². The van der Waals surface area contributed by atoms with Gasteiger partial charge in [0.15, 0.2) is 5.56 Å². The minimum Gasteiger partial charge on any atom is -0.464 e. The van der Waals surface area contributed by atoms with Gasteiger partial charge in [-0.3, -0.25) is 0 Å². The van der Waals surface area contributed by atoms with Gasteiger partial charge in [-0.2, -0.15) is 0 Å². The van der Waals surface area contributed by atoms with Gasteiger partial charge in [0.25, 0.3) is 4.87 Å². The van der Waals surface area contributed by atoms with Gasteiger partial charge >= 0.3 is 11.9 Å². The molecule has 0 heterocycles. The number of hydrogen-bond donors (Lipinski definition) is 0. The molecule has 7 heteroatoms. The Morgan fingerprint density at radius 3 is 1.75 bits per heavy atom. The van der Waals surface area contributed by atoms with Crippen LogP contribution in [-0.2, 0) is 23.8 Å². The van der Waals surface area contributed by atoms with Crippen LogP contribution in [0, 0.1) is 0 Å². The molecule has 0 amide bonds. The van der Waals surface area contributed by atoms with E-state index in [-0.39, 0.29) is 13.2 Å². The third-order valence-corrected chi connectivity index (χ3v) is 3.70. The van der Waals surface area contributed by atoms with Crippen LogP contribution < -0.4 is 0 Å². The Labute approximate surface area is 129 Å². The molecule has 0 saturated heterocycles. The summed E-state index contributed by atoms with van der Waals surface area (Å²) in [6.07, 6.45) is 3.03. The first kappa shape index (κ1) is 19.5. The number of esters is 2. The van der Waals surface area contributed by atoms with Crippen molar-refractivity contribution in [2.24, 2.45) is 0 Å². The molecule has 20 heavy (non-hydrogen) atoms. The summed E-state index contributed by atoms with van der Waals surface area (Å²) in [5.41, 5.74) is -1.37. The molecule has 0 aromatic heterocycles. The average molecular weight is 329 g/mol. The van der Waals surface area contributed by atoms with Gasteiger partial charge in [0.2, 0.25) is 0 Å². The summed E-state index contributed by atoms with van der Waals surface area (Å²) in [6, 6.07) is 0. The molecule has 0 rings (SSSR count). The Morgan fingerprint density at radius 1 is 1.05 bits per heavy atom. The highest BCUT2D eigenvalue weighted by molar-refractivity contribution is 6.49. The van der Waals surface area contributed by atoms with Crippen molar-refractivity contribution in [1.29, 1.82) is 0 Å². The number of unbranched alkanes of at least 4 members (excludes halogenated alkanes) is 2. The van der Waals surface area contributed by atoms with Crippen molar-refractivity contribution in [1.82, 2.24) is 0 Å². The zero-order valence-electron chi connectivity index (χ0n) is 12.1. The molecule has 0 aromatic carbocycles. The summed E-state index contributed by atoms with van der Waals surface area (Å²) in [6.45, 7) is 4.22. The molecule has 0 N–H and O–H groups in total. The summed E-state index contributed by atoms with van der Waals surface area (Å²) in [7, 11) is 1.24. The highest BCUT2D eigenvalue weighted by Gasteiger charge is 2.54. The van der Waals surface area contributed by atoms with Gasteiger partial charge in [0.1, 0.15) is 0 Å². The summed E-state index contributed by atoms with van der Waals surface area (Å²) in [4.78, 5) is 21.8. The van der Waals surface area contributed by atoms with Crippen LogP contribution in [-0.4, -0.2) is 42.7 Å². The van der Waals surface area contributed by atoms with Crippen LogP contribution in [0.1, 0.15) is 39.5 Å². The number of ether oxygens (including phenoxy) is 3. The summed E-state index contributed by atoms with van der Waals surface area (Å²) < 4.78 is 14.7. The normalized spacial score (nSPS) is 12.8. The van der Waals surface area contributed by atoms with Crippen molar-refractivity contribution in [2.75, 3.05) is 20.3 Å². The smallest absolute Gasteiger partial charge is 0.343 e. The van der Waals surface area contributed by atoms with Gasteiger partial charge in [-0.05, 0) is 12.8 Å². The second kappa shape index (κ2) is 10.2. The van der Waals surface area contributed by atoms with E-state index in [1.54, 1.807) is 0 Å². The lowest BCUT2D eigenvalue weighted by Crippen LogP contribution is -2.51. The molecule has 0 fully saturated rings. The molecule has 0 aliphatic rings. The highest BCUT2D eigenvalue weighted by atomic mass is 35.5. The fourth-order valence-corrected chi connectivity index (χ4v) is 1.64. The van der Waals surface area contributed by atoms with Crippen LogP contribution in [0.25, 0.3) is 0 Å².